The second-order valence-corrected chi connectivity index (χ2v) is 10.5. The maximum atomic E-state index is 13.3. The van der Waals surface area contributed by atoms with Crippen LogP contribution in [0.5, 0.6) is 0 Å². The largest absolute Gasteiger partial charge is 0.460 e. The van der Waals surface area contributed by atoms with Gasteiger partial charge in [0.2, 0.25) is 0 Å². The van der Waals surface area contributed by atoms with Crippen LogP contribution in [-0.4, -0.2) is 29.2 Å². The van der Waals surface area contributed by atoms with Gasteiger partial charge in [0, 0.05) is 11.1 Å². The number of ether oxygens (including phenoxy) is 1. The van der Waals surface area contributed by atoms with Gasteiger partial charge in [-0.05, 0) is 45.9 Å². The fourth-order valence-corrected chi connectivity index (χ4v) is 4.77. The van der Waals surface area contributed by atoms with E-state index < -0.39 is 21.6 Å². The number of aromatic nitrogens is 2. The van der Waals surface area contributed by atoms with E-state index in [2.05, 4.69) is 5.10 Å². The molecule has 0 saturated heterocycles. The lowest BCUT2D eigenvalue weighted by Gasteiger charge is -2.19. The first-order valence-corrected chi connectivity index (χ1v) is 11.7. The highest BCUT2D eigenvalue weighted by atomic mass is 35.5. The van der Waals surface area contributed by atoms with Crippen molar-refractivity contribution in [1.29, 1.82) is 0 Å². The van der Waals surface area contributed by atoms with Gasteiger partial charge < -0.3 is 4.74 Å². The van der Waals surface area contributed by atoms with Crippen molar-refractivity contribution in [2.75, 3.05) is 0 Å². The topological polar surface area (TPSA) is 78.3 Å². The monoisotopic (exact) mass is 480 g/mol. The number of halogens is 2. The Balaban J connectivity index is 2.15. The second-order valence-electron chi connectivity index (χ2n) is 7.97. The number of hydrogen-bond donors (Lipinski definition) is 0. The molecule has 0 fully saturated rings. The van der Waals surface area contributed by atoms with Crippen molar-refractivity contribution in [2.24, 2.45) is 0 Å². The lowest BCUT2D eigenvalue weighted by molar-refractivity contribution is -0.153. The molecule has 31 heavy (non-hydrogen) atoms. The predicted octanol–water partition coefficient (Wildman–Crippen LogP) is 5.29. The van der Waals surface area contributed by atoms with Crippen molar-refractivity contribution >= 4 is 39.2 Å². The van der Waals surface area contributed by atoms with Crippen LogP contribution in [0.3, 0.4) is 0 Å². The quantitative estimate of drug-likeness (QED) is 0.463. The molecule has 0 saturated carbocycles. The molecule has 1 aromatic heterocycles. The molecular formula is C22H22Cl2N2O4S. The van der Waals surface area contributed by atoms with Gasteiger partial charge in [-0.25, -0.2) is 0 Å². The molecule has 0 atom stereocenters. The Morgan fingerprint density at radius 3 is 2.29 bits per heavy atom. The molecule has 0 radical (unpaired) electrons. The van der Waals surface area contributed by atoms with Gasteiger partial charge in [-0.1, -0.05) is 53.5 Å². The normalized spacial score (nSPS) is 12.1. The maximum absolute atomic E-state index is 13.3. The average Bonchev–Trinajstić information content (AvgIpc) is 3.00. The zero-order valence-electron chi connectivity index (χ0n) is 17.5. The predicted molar refractivity (Wildman–Crippen MR) is 121 cm³/mol. The third-order valence-electron chi connectivity index (χ3n) is 4.41. The molecule has 0 aliphatic rings. The molecule has 0 spiro atoms. The molecule has 1 heterocycles. The molecule has 0 aliphatic heterocycles. The van der Waals surface area contributed by atoms with E-state index in [4.69, 9.17) is 27.9 Å². The first kappa shape index (κ1) is 23.3. The highest BCUT2D eigenvalue weighted by molar-refractivity contribution is 7.89. The zero-order chi connectivity index (χ0) is 23.0. The van der Waals surface area contributed by atoms with Crippen molar-refractivity contribution in [3.63, 3.8) is 0 Å². The highest BCUT2D eigenvalue weighted by Gasteiger charge is 2.28. The van der Waals surface area contributed by atoms with Gasteiger partial charge in [-0.2, -0.15) is 17.6 Å². The van der Waals surface area contributed by atoms with E-state index >= 15 is 0 Å². The Hall–Kier alpha value is -2.35. The van der Waals surface area contributed by atoms with E-state index in [0.29, 0.717) is 22.5 Å². The SMILES string of the molecule is Cc1c(CC(=O)OC(C)(C)C)c(-c2ccccc2)nn1S(=O)(=O)c1ccc(Cl)c(Cl)c1. The summed E-state index contributed by atoms with van der Waals surface area (Å²) in [6.07, 6.45) is -0.121. The van der Waals surface area contributed by atoms with E-state index in [0.717, 1.165) is 4.09 Å². The first-order valence-electron chi connectivity index (χ1n) is 9.46. The molecule has 0 amide bonds. The van der Waals surface area contributed by atoms with Crippen LogP contribution in [0.15, 0.2) is 53.4 Å². The molecule has 6 nitrogen and oxygen atoms in total. The minimum Gasteiger partial charge on any atom is -0.460 e. The van der Waals surface area contributed by atoms with E-state index in [1.54, 1.807) is 39.8 Å². The summed E-state index contributed by atoms with van der Waals surface area (Å²) >= 11 is 11.9. The molecule has 0 bridgehead atoms. The fourth-order valence-electron chi connectivity index (χ4n) is 3.05. The Labute approximate surface area is 191 Å². The first-order chi connectivity index (χ1) is 14.4. The summed E-state index contributed by atoms with van der Waals surface area (Å²) in [6, 6.07) is 13.1. The van der Waals surface area contributed by atoms with Crippen molar-refractivity contribution in [3.8, 4) is 11.3 Å². The molecule has 2 aromatic carbocycles. The van der Waals surface area contributed by atoms with E-state index in [9.17, 15) is 13.2 Å². The average molecular weight is 481 g/mol. The van der Waals surface area contributed by atoms with E-state index in [1.807, 2.05) is 18.2 Å². The van der Waals surface area contributed by atoms with Crippen LogP contribution in [0.4, 0.5) is 0 Å². The summed E-state index contributed by atoms with van der Waals surface area (Å²) < 4.78 is 33.0. The number of esters is 1. The van der Waals surface area contributed by atoms with Crippen molar-refractivity contribution < 1.29 is 17.9 Å². The van der Waals surface area contributed by atoms with E-state index in [-0.39, 0.29) is 21.4 Å². The lowest BCUT2D eigenvalue weighted by Crippen LogP contribution is -2.25. The summed E-state index contributed by atoms with van der Waals surface area (Å²) in [5.74, 6) is -0.473. The Morgan fingerprint density at radius 2 is 1.71 bits per heavy atom. The van der Waals surface area contributed by atoms with Gasteiger partial charge in [-0.3, -0.25) is 4.79 Å². The highest BCUT2D eigenvalue weighted by Crippen LogP contribution is 2.31. The van der Waals surface area contributed by atoms with Gasteiger partial charge in [0.25, 0.3) is 10.0 Å². The summed E-state index contributed by atoms with van der Waals surface area (Å²) in [5.41, 5.74) is 1.21. The standard InChI is InChI=1S/C22H22Cl2N2O4S/c1-14-17(13-20(27)30-22(2,3)4)21(15-8-6-5-7-9-15)25-26(14)31(28,29)16-10-11-18(23)19(24)12-16/h5-12H,13H2,1-4H3. The number of carbonyl (C=O) groups is 1. The Kier molecular flexibility index (Phi) is 6.51. The molecule has 3 rings (SSSR count). The molecule has 164 valence electrons. The van der Waals surface area contributed by atoms with Crippen molar-refractivity contribution in [3.05, 3.63) is 69.8 Å². The molecule has 0 N–H and O–H groups in total. The van der Waals surface area contributed by atoms with Gasteiger partial charge in [0.15, 0.2) is 0 Å². The molecule has 0 unspecified atom stereocenters. The number of hydrogen-bond acceptors (Lipinski definition) is 5. The van der Waals surface area contributed by atoms with Gasteiger partial charge in [-0.15, -0.1) is 0 Å². The van der Waals surface area contributed by atoms with Crippen LogP contribution in [-0.2, 0) is 26.0 Å². The van der Waals surface area contributed by atoms with Crippen molar-refractivity contribution in [2.45, 2.75) is 44.6 Å². The van der Waals surface area contributed by atoms with E-state index in [1.165, 1.54) is 18.2 Å². The van der Waals surface area contributed by atoms with Crippen LogP contribution in [0.25, 0.3) is 11.3 Å². The van der Waals surface area contributed by atoms with Gasteiger partial charge >= 0.3 is 5.97 Å². The second kappa shape index (κ2) is 8.65. The molecule has 9 heteroatoms. The Bertz CT molecular complexity index is 1230. The minimum atomic E-state index is -4.08. The number of benzene rings is 2. The summed E-state index contributed by atoms with van der Waals surface area (Å²) in [4.78, 5) is 12.5. The maximum Gasteiger partial charge on any atom is 0.310 e. The summed E-state index contributed by atoms with van der Waals surface area (Å²) in [5, 5.41) is 4.73. The lowest BCUT2D eigenvalue weighted by atomic mass is 10.0. The van der Waals surface area contributed by atoms with Crippen LogP contribution in [0.2, 0.25) is 10.0 Å². The molecule has 3 aromatic rings. The third kappa shape index (κ3) is 5.11. The summed E-state index contributed by atoms with van der Waals surface area (Å²) in [7, 11) is -4.08. The van der Waals surface area contributed by atoms with Crippen LogP contribution < -0.4 is 0 Å². The smallest absolute Gasteiger partial charge is 0.310 e. The Morgan fingerprint density at radius 1 is 1.06 bits per heavy atom. The number of nitrogens with zero attached hydrogens (tertiary/aromatic N) is 2. The summed E-state index contributed by atoms with van der Waals surface area (Å²) in [6.45, 7) is 6.92. The molecular weight excluding hydrogens is 459 g/mol. The number of rotatable bonds is 5. The van der Waals surface area contributed by atoms with Gasteiger partial charge in [0.05, 0.1) is 32.7 Å². The van der Waals surface area contributed by atoms with Crippen LogP contribution in [0.1, 0.15) is 32.0 Å². The minimum absolute atomic E-state index is 0.0593. The zero-order valence-corrected chi connectivity index (χ0v) is 19.8. The molecule has 0 aliphatic carbocycles. The number of carbonyl (C=O) groups excluding carboxylic acids is 1. The van der Waals surface area contributed by atoms with Crippen LogP contribution >= 0.6 is 23.2 Å². The fraction of sp³-hybridized carbons (Fsp3) is 0.273. The van der Waals surface area contributed by atoms with Crippen LogP contribution in [0, 0.1) is 6.92 Å². The third-order valence-corrected chi connectivity index (χ3v) is 6.80. The van der Waals surface area contributed by atoms with Crippen molar-refractivity contribution in [1.82, 2.24) is 9.19 Å². The van der Waals surface area contributed by atoms with Gasteiger partial charge in [0.1, 0.15) is 5.60 Å².